The van der Waals surface area contributed by atoms with E-state index in [1.54, 1.807) is 11.1 Å². The average molecular weight is 455 g/mol. The van der Waals surface area contributed by atoms with E-state index in [1.807, 2.05) is 30.1 Å². The monoisotopic (exact) mass is 455 g/mol. The number of carboxylic acid groups (broad SMARTS) is 1. The number of carboxylic acids is 1. The first-order valence-corrected chi connectivity index (χ1v) is 10.8. The van der Waals surface area contributed by atoms with Crippen LogP contribution in [0, 0.1) is 17.3 Å². The first-order valence-electron chi connectivity index (χ1n) is 10.8. The van der Waals surface area contributed by atoms with Gasteiger partial charge in [0.25, 0.3) is 0 Å². The third-order valence-corrected chi connectivity index (χ3v) is 6.63. The Morgan fingerprint density at radius 2 is 1.91 bits per heavy atom. The van der Waals surface area contributed by atoms with Crippen molar-refractivity contribution in [3.63, 3.8) is 0 Å². The summed E-state index contributed by atoms with van der Waals surface area (Å²) < 4.78 is 31.7. The van der Waals surface area contributed by atoms with Gasteiger partial charge in [-0.15, -0.1) is 0 Å². The van der Waals surface area contributed by atoms with Gasteiger partial charge in [-0.25, -0.2) is 4.79 Å². The van der Waals surface area contributed by atoms with Crippen molar-refractivity contribution in [2.45, 2.75) is 51.2 Å². The van der Waals surface area contributed by atoms with Gasteiger partial charge in [-0.3, -0.25) is 14.6 Å². The largest absolute Gasteiger partial charge is 0.490 e. The summed E-state index contributed by atoms with van der Waals surface area (Å²) in [4.78, 5) is 42.5. The molecule has 2 saturated carbocycles. The van der Waals surface area contributed by atoms with Crippen LogP contribution in [0.1, 0.15) is 44.2 Å². The molecule has 0 radical (unpaired) electrons. The van der Waals surface area contributed by atoms with Crippen molar-refractivity contribution in [3.05, 3.63) is 30.1 Å². The van der Waals surface area contributed by atoms with E-state index in [0.717, 1.165) is 44.5 Å². The number of hydrogen-bond donors (Lipinski definition) is 1. The summed E-state index contributed by atoms with van der Waals surface area (Å²) in [7, 11) is 1.86. The van der Waals surface area contributed by atoms with Crippen LogP contribution in [0.3, 0.4) is 0 Å². The van der Waals surface area contributed by atoms with Gasteiger partial charge in [-0.05, 0) is 37.8 Å². The highest BCUT2D eigenvalue weighted by atomic mass is 19.4. The first kappa shape index (κ1) is 24.0. The Balaban J connectivity index is 0.000000360. The van der Waals surface area contributed by atoms with Gasteiger partial charge in [0.05, 0.1) is 12.2 Å². The molecule has 3 fully saturated rings. The molecule has 32 heavy (non-hydrogen) atoms. The number of carbonyl (C=O) groups excluding carboxylic acids is 2. The first-order chi connectivity index (χ1) is 15.0. The molecule has 0 aromatic carbocycles. The van der Waals surface area contributed by atoms with Crippen molar-refractivity contribution in [3.8, 4) is 0 Å². The zero-order valence-electron chi connectivity index (χ0n) is 18.0. The predicted molar refractivity (Wildman–Crippen MR) is 108 cm³/mol. The third kappa shape index (κ3) is 5.58. The van der Waals surface area contributed by atoms with Crippen LogP contribution in [0.15, 0.2) is 24.4 Å². The van der Waals surface area contributed by atoms with Crippen molar-refractivity contribution in [1.82, 2.24) is 14.8 Å². The van der Waals surface area contributed by atoms with Crippen LogP contribution in [-0.2, 0) is 20.9 Å². The van der Waals surface area contributed by atoms with Crippen LogP contribution in [-0.4, -0.2) is 64.0 Å². The lowest BCUT2D eigenvalue weighted by atomic mass is 10.0. The molecule has 1 aromatic rings. The van der Waals surface area contributed by atoms with E-state index in [4.69, 9.17) is 9.90 Å². The van der Waals surface area contributed by atoms with Gasteiger partial charge in [0, 0.05) is 43.6 Å². The van der Waals surface area contributed by atoms with Gasteiger partial charge in [0.2, 0.25) is 11.8 Å². The Hall–Kier alpha value is -2.65. The Bertz CT molecular complexity index is 843. The van der Waals surface area contributed by atoms with Gasteiger partial charge in [0.15, 0.2) is 0 Å². The van der Waals surface area contributed by atoms with E-state index in [-0.39, 0.29) is 23.2 Å². The van der Waals surface area contributed by atoms with E-state index in [1.165, 1.54) is 12.8 Å². The maximum atomic E-state index is 12.8. The molecule has 2 aliphatic carbocycles. The van der Waals surface area contributed by atoms with Gasteiger partial charge in [-0.1, -0.05) is 18.9 Å². The molecule has 2 unspecified atom stereocenters. The normalized spacial score (nSPS) is 24.8. The molecule has 1 aromatic heterocycles. The molecule has 4 rings (SSSR count). The van der Waals surface area contributed by atoms with Crippen molar-refractivity contribution in [1.29, 1.82) is 0 Å². The molecule has 2 atom stereocenters. The molecule has 3 aliphatic rings. The minimum absolute atomic E-state index is 0.0593. The summed E-state index contributed by atoms with van der Waals surface area (Å²) >= 11 is 0. The number of halogens is 3. The molecule has 1 saturated heterocycles. The number of likely N-dealkylation sites (tertiary alicyclic amines) is 1. The fourth-order valence-corrected chi connectivity index (χ4v) is 4.74. The summed E-state index contributed by atoms with van der Waals surface area (Å²) in [6.07, 6.45) is 3.08. The third-order valence-electron chi connectivity index (χ3n) is 6.63. The zero-order chi connectivity index (χ0) is 23.5. The van der Waals surface area contributed by atoms with Crippen molar-refractivity contribution in [2.24, 2.45) is 17.3 Å². The van der Waals surface area contributed by atoms with Crippen LogP contribution in [0.4, 0.5) is 13.2 Å². The van der Waals surface area contributed by atoms with Gasteiger partial charge in [-0.2, -0.15) is 13.2 Å². The Morgan fingerprint density at radius 3 is 2.47 bits per heavy atom. The smallest absolute Gasteiger partial charge is 0.475 e. The summed E-state index contributed by atoms with van der Waals surface area (Å²) in [6, 6.07) is 5.78. The zero-order valence-corrected chi connectivity index (χ0v) is 18.0. The minimum Gasteiger partial charge on any atom is -0.475 e. The maximum absolute atomic E-state index is 12.8. The van der Waals surface area contributed by atoms with E-state index >= 15 is 0 Å². The average Bonchev–Trinajstić information content (AvgIpc) is 3.10. The topological polar surface area (TPSA) is 90.8 Å². The van der Waals surface area contributed by atoms with E-state index in [0.29, 0.717) is 12.5 Å². The Morgan fingerprint density at radius 1 is 1.25 bits per heavy atom. The van der Waals surface area contributed by atoms with Crippen LogP contribution in [0.2, 0.25) is 0 Å². The number of carbonyl (C=O) groups is 3. The standard InChI is InChI=1S/C20H27N3O2.C2HF3O2/c1-22(13-16-8-4-5-10-21-16)19(25)17-12-20(17)9-11-23(14-20)18(24)15-6-2-3-7-15;3-2(4,5)1(6)7/h4-5,8,10,15,17H,2-3,6-7,9,11-14H2,1H3;(H,6,7). The van der Waals surface area contributed by atoms with Crippen LogP contribution in [0.25, 0.3) is 0 Å². The highest BCUT2D eigenvalue weighted by Gasteiger charge is 2.62. The quantitative estimate of drug-likeness (QED) is 0.754. The molecule has 2 heterocycles. The molecule has 7 nitrogen and oxygen atoms in total. The van der Waals surface area contributed by atoms with Crippen LogP contribution >= 0.6 is 0 Å². The number of aromatic nitrogens is 1. The summed E-state index contributed by atoms with van der Waals surface area (Å²) in [5, 5.41) is 7.12. The molecule has 176 valence electrons. The number of aliphatic carboxylic acids is 1. The second-order valence-electron chi connectivity index (χ2n) is 8.93. The molecule has 1 aliphatic heterocycles. The second-order valence-corrected chi connectivity index (χ2v) is 8.93. The molecule has 1 N–H and O–H groups in total. The minimum atomic E-state index is -5.08. The Kier molecular flexibility index (Phi) is 7.09. The van der Waals surface area contributed by atoms with Crippen LogP contribution < -0.4 is 0 Å². The molecular weight excluding hydrogens is 427 g/mol. The molecular formula is C22H28F3N3O4. The Labute approximate surface area is 184 Å². The lowest BCUT2D eigenvalue weighted by Gasteiger charge is -2.21. The maximum Gasteiger partial charge on any atom is 0.490 e. The number of alkyl halides is 3. The van der Waals surface area contributed by atoms with Crippen LogP contribution in [0.5, 0.6) is 0 Å². The second kappa shape index (κ2) is 9.46. The lowest BCUT2D eigenvalue weighted by molar-refractivity contribution is -0.192. The number of rotatable bonds is 4. The van der Waals surface area contributed by atoms with Crippen molar-refractivity contribution >= 4 is 17.8 Å². The van der Waals surface area contributed by atoms with E-state index in [2.05, 4.69) is 4.98 Å². The molecule has 2 amide bonds. The number of nitrogens with zero attached hydrogens (tertiary/aromatic N) is 3. The lowest BCUT2D eigenvalue weighted by Crippen LogP contribution is -2.34. The summed E-state index contributed by atoms with van der Waals surface area (Å²) in [5.74, 6) is -1.87. The summed E-state index contributed by atoms with van der Waals surface area (Å²) in [5.41, 5.74) is 0.974. The van der Waals surface area contributed by atoms with E-state index in [9.17, 15) is 22.8 Å². The SMILES string of the molecule is CN(Cc1ccccn1)C(=O)C1CC12CCN(C(=O)C1CCCC1)C2.O=C(O)C(F)(F)F. The van der Waals surface area contributed by atoms with Crippen molar-refractivity contribution in [2.75, 3.05) is 20.1 Å². The fourth-order valence-electron chi connectivity index (χ4n) is 4.74. The highest BCUT2D eigenvalue weighted by molar-refractivity contribution is 5.84. The highest BCUT2D eigenvalue weighted by Crippen LogP contribution is 2.59. The number of hydrogen-bond acceptors (Lipinski definition) is 4. The number of amides is 2. The molecule has 0 bridgehead atoms. The fraction of sp³-hybridized carbons (Fsp3) is 0.636. The number of pyridine rings is 1. The molecule has 10 heteroatoms. The molecule has 1 spiro atoms. The van der Waals surface area contributed by atoms with Gasteiger partial charge < -0.3 is 14.9 Å². The van der Waals surface area contributed by atoms with Gasteiger partial charge in [0.1, 0.15) is 0 Å². The van der Waals surface area contributed by atoms with Gasteiger partial charge >= 0.3 is 12.1 Å². The van der Waals surface area contributed by atoms with Crippen molar-refractivity contribution < 1.29 is 32.7 Å². The predicted octanol–water partition coefficient (Wildman–Crippen LogP) is 3.10. The van der Waals surface area contributed by atoms with E-state index < -0.39 is 12.1 Å². The summed E-state index contributed by atoms with van der Waals surface area (Å²) in [6.45, 7) is 2.18.